The highest BCUT2D eigenvalue weighted by Gasteiger charge is 2.15. The molecule has 9 heteroatoms. The van der Waals surface area contributed by atoms with Crippen molar-refractivity contribution in [2.45, 2.75) is 6.61 Å². The van der Waals surface area contributed by atoms with Gasteiger partial charge >= 0.3 is 6.61 Å². The van der Waals surface area contributed by atoms with E-state index < -0.39 is 12.5 Å². The molecule has 1 aromatic carbocycles. The topological polar surface area (TPSA) is 60.5 Å². The number of halogens is 4. The van der Waals surface area contributed by atoms with Crippen LogP contribution < -0.4 is 14.8 Å². The summed E-state index contributed by atoms with van der Waals surface area (Å²) in [6, 6.07) is 5.69. The van der Waals surface area contributed by atoms with Crippen molar-refractivity contribution in [2.75, 3.05) is 12.4 Å². The lowest BCUT2D eigenvalue weighted by Crippen LogP contribution is -2.14. The highest BCUT2D eigenvalue weighted by molar-refractivity contribution is 9.11. The first-order valence-corrected chi connectivity index (χ1v) is 7.74. The molecule has 1 aromatic heterocycles. The summed E-state index contributed by atoms with van der Waals surface area (Å²) in [5, 5.41) is 2.57. The van der Waals surface area contributed by atoms with Gasteiger partial charge in [0.2, 0.25) is 0 Å². The average Bonchev–Trinajstić information content (AvgIpc) is 2.49. The van der Waals surface area contributed by atoms with Crippen molar-refractivity contribution in [1.82, 2.24) is 4.98 Å². The third-order valence-corrected chi connectivity index (χ3v) is 3.72. The van der Waals surface area contributed by atoms with Crippen LogP contribution in [0.1, 0.15) is 10.4 Å². The zero-order valence-corrected chi connectivity index (χ0v) is 14.8. The number of rotatable bonds is 5. The predicted molar refractivity (Wildman–Crippen MR) is 87.2 cm³/mol. The second-order valence-electron chi connectivity index (χ2n) is 4.18. The van der Waals surface area contributed by atoms with Crippen molar-refractivity contribution in [1.29, 1.82) is 0 Å². The maximum absolute atomic E-state index is 12.4. The van der Waals surface area contributed by atoms with Gasteiger partial charge in [0, 0.05) is 16.2 Å². The lowest BCUT2D eigenvalue weighted by Gasteiger charge is -2.12. The van der Waals surface area contributed by atoms with E-state index in [4.69, 9.17) is 4.74 Å². The first-order valence-electron chi connectivity index (χ1n) is 6.16. The first-order chi connectivity index (χ1) is 10.9. The number of amides is 1. The molecule has 0 fully saturated rings. The van der Waals surface area contributed by atoms with Crippen LogP contribution in [0, 0.1) is 0 Å². The molecule has 0 bridgehead atoms. The molecule has 1 heterocycles. The van der Waals surface area contributed by atoms with E-state index in [0.717, 1.165) is 4.47 Å². The number of carbonyl (C=O) groups excluding carboxylic acids is 1. The van der Waals surface area contributed by atoms with Gasteiger partial charge in [-0.15, -0.1) is 0 Å². The summed E-state index contributed by atoms with van der Waals surface area (Å²) in [7, 11) is 1.32. The van der Waals surface area contributed by atoms with Crippen LogP contribution in [0.15, 0.2) is 39.4 Å². The summed E-state index contributed by atoms with van der Waals surface area (Å²) in [6.45, 7) is -3.02. The number of nitrogens with one attached hydrogen (secondary N) is 1. The summed E-state index contributed by atoms with van der Waals surface area (Å²) in [5.74, 6) is -0.351. The van der Waals surface area contributed by atoms with E-state index in [-0.39, 0.29) is 17.1 Å². The van der Waals surface area contributed by atoms with Gasteiger partial charge in [0.05, 0.1) is 11.6 Å². The Morgan fingerprint density at radius 1 is 1.26 bits per heavy atom. The van der Waals surface area contributed by atoms with Gasteiger partial charge < -0.3 is 14.8 Å². The maximum Gasteiger partial charge on any atom is 0.387 e. The Morgan fingerprint density at radius 2 is 2.00 bits per heavy atom. The number of hydrogen-bond donors (Lipinski definition) is 1. The van der Waals surface area contributed by atoms with Crippen LogP contribution in [-0.4, -0.2) is 24.6 Å². The van der Waals surface area contributed by atoms with Crippen molar-refractivity contribution in [2.24, 2.45) is 0 Å². The lowest BCUT2D eigenvalue weighted by atomic mass is 10.2. The monoisotopic (exact) mass is 450 g/mol. The third kappa shape index (κ3) is 4.61. The Hall–Kier alpha value is -1.74. The fourth-order valence-corrected chi connectivity index (χ4v) is 2.78. The van der Waals surface area contributed by atoms with Crippen LogP contribution in [0.2, 0.25) is 0 Å². The molecule has 0 aliphatic rings. The maximum atomic E-state index is 12.4. The van der Waals surface area contributed by atoms with Crippen LogP contribution in [0.25, 0.3) is 0 Å². The predicted octanol–water partition coefficient (Wildman–Crippen LogP) is 4.47. The largest absolute Gasteiger partial charge is 0.493 e. The number of aromatic nitrogens is 1. The fraction of sp³-hybridized carbons (Fsp3) is 0.143. The molecule has 0 saturated carbocycles. The van der Waals surface area contributed by atoms with Crippen molar-refractivity contribution >= 4 is 43.6 Å². The summed E-state index contributed by atoms with van der Waals surface area (Å²) in [4.78, 5) is 16.3. The van der Waals surface area contributed by atoms with Gasteiger partial charge in [-0.25, -0.2) is 4.98 Å². The molecular weight excluding hydrogens is 442 g/mol. The Labute approximate surface area is 147 Å². The number of benzene rings is 1. The molecule has 2 rings (SSSR count). The molecule has 0 spiro atoms. The van der Waals surface area contributed by atoms with E-state index in [1.54, 1.807) is 6.07 Å². The number of carbonyl (C=O) groups is 1. The number of methoxy groups -OCH3 is 1. The molecule has 0 aliphatic heterocycles. The highest BCUT2D eigenvalue weighted by atomic mass is 79.9. The van der Waals surface area contributed by atoms with Gasteiger partial charge in [-0.3, -0.25) is 4.79 Å². The van der Waals surface area contributed by atoms with E-state index >= 15 is 0 Å². The van der Waals surface area contributed by atoms with Crippen molar-refractivity contribution in [3.05, 3.63) is 45.0 Å². The number of pyridine rings is 1. The van der Waals surface area contributed by atoms with Gasteiger partial charge in [0.1, 0.15) is 5.82 Å². The molecule has 0 saturated heterocycles. The lowest BCUT2D eigenvalue weighted by molar-refractivity contribution is -0.0512. The number of anilines is 1. The zero-order chi connectivity index (χ0) is 17.0. The summed E-state index contributed by atoms with van der Waals surface area (Å²) in [5.41, 5.74) is 0.123. The summed E-state index contributed by atoms with van der Waals surface area (Å²) < 4.78 is 35.4. The smallest absolute Gasteiger partial charge is 0.387 e. The van der Waals surface area contributed by atoms with Crippen LogP contribution in [-0.2, 0) is 0 Å². The average molecular weight is 452 g/mol. The van der Waals surface area contributed by atoms with Crippen LogP contribution in [0.5, 0.6) is 11.5 Å². The fourth-order valence-electron chi connectivity index (χ4n) is 1.69. The van der Waals surface area contributed by atoms with Crippen molar-refractivity contribution in [3.63, 3.8) is 0 Å². The van der Waals surface area contributed by atoms with E-state index in [0.29, 0.717) is 10.3 Å². The minimum atomic E-state index is -3.02. The van der Waals surface area contributed by atoms with Gasteiger partial charge in [0.25, 0.3) is 5.91 Å². The Bertz CT molecular complexity index is 729. The highest BCUT2D eigenvalue weighted by Crippen LogP contribution is 2.30. The van der Waals surface area contributed by atoms with Crippen molar-refractivity contribution < 1.29 is 23.0 Å². The standard InChI is InChI=1S/C14H10Br2F2N2O3/c1-22-10-3-2-7(4-11(10)23-14(17)18)13(21)20-12-9(16)5-8(15)6-19-12/h2-6,14H,1H3,(H,19,20,21). The van der Waals surface area contributed by atoms with E-state index in [1.165, 1.54) is 31.5 Å². The van der Waals surface area contributed by atoms with Gasteiger partial charge in [0.15, 0.2) is 11.5 Å². The molecule has 0 atom stereocenters. The van der Waals surface area contributed by atoms with E-state index in [9.17, 15) is 13.6 Å². The Kier molecular flexibility index (Phi) is 5.89. The van der Waals surface area contributed by atoms with Gasteiger partial charge in [-0.1, -0.05) is 0 Å². The minimum Gasteiger partial charge on any atom is -0.493 e. The third-order valence-electron chi connectivity index (χ3n) is 2.68. The van der Waals surface area contributed by atoms with Crippen LogP contribution >= 0.6 is 31.9 Å². The second kappa shape index (κ2) is 7.69. The first kappa shape index (κ1) is 17.6. The number of hydrogen-bond acceptors (Lipinski definition) is 4. The summed E-state index contributed by atoms with van der Waals surface area (Å²) >= 11 is 6.52. The molecule has 0 unspecified atom stereocenters. The Balaban J connectivity index is 2.25. The van der Waals surface area contributed by atoms with E-state index in [2.05, 4.69) is 46.9 Å². The molecule has 122 valence electrons. The van der Waals surface area contributed by atoms with E-state index in [1.807, 2.05) is 0 Å². The normalized spacial score (nSPS) is 10.5. The van der Waals surface area contributed by atoms with Crippen molar-refractivity contribution in [3.8, 4) is 11.5 Å². The minimum absolute atomic E-state index is 0.102. The molecule has 23 heavy (non-hydrogen) atoms. The molecule has 1 N–H and O–H groups in total. The van der Waals surface area contributed by atoms with Crippen LogP contribution in [0.4, 0.5) is 14.6 Å². The molecule has 0 radical (unpaired) electrons. The van der Waals surface area contributed by atoms with Crippen LogP contribution in [0.3, 0.4) is 0 Å². The number of alkyl halides is 2. The molecule has 2 aromatic rings. The second-order valence-corrected chi connectivity index (χ2v) is 5.95. The molecule has 5 nitrogen and oxygen atoms in total. The number of ether oxygens (including phenoxy) is 2. The van der Waals surface area contributed by atoms with Gasteiger partial charge in [-0.2, -0.15) is 8.78 Å². The number of nitrogens with zero attached hydrogens (tertiary/aromatic N) is 1. The molecular formula is C14H10Br2F2N2O3. The quantitative estimate of drug-likeness (QED) is 0.728. The molecule has 0 aliphatic carbocycles. The summed E-state index contributed by atoms with van der Waals surface area (Å²) in [6.07, 6.45) is 1.51. The SMILES string of the molecule is COc1ccc(C(=O)Nc2ncc(Br)cc2Br)cc1OC(F)F. The van der Waals surface area contributed by atoms with Gasteiger partial charge in [-0.05, 0) is 56.1 Å². The zero-order valence-electron chi connectivity index (χ0n) is 11.6. The Morgan fingerprint density at radius 3 is 2.61 bits per heavy atom. The molecule has 1 amide bonds.